The van der Waals surface area contributed by atoms with Crippen LogP contribution in [0.1, 0.15) is 52.1 Å². The molecule has 1 amide bonds. The molecule has 1 aromatic heterocycles. The number of anilines is 1. The highest BCUT2D eigenvalue weighted by Gasteiger charge is 2.30. The highest BCUT2D eigenvalue weighted by Crippen LogP contribution is 2.32. The average molecular weight is 341 g/mol. The summed E-state index contributed by atoms with van der Waals surface area (Å²) in [5.41, 5.74) is 1.38. The number of Topliss-reactive ketones (excluding diaryl/α,β-unsaturated/α-hetero) is 2. The molecule has 0 radical (unpaired) electrons. The number of hydrogen-bond acceptors (Lipinski definition) is 4. The zero-order valence-corrected chi connectivity index (χ0v) is 14.1. The molecule has 4 nitrogen and oxygen atoms in total. The largest absolute Gasteiger partial charge is 0.326 e. The zero-order valence-electron chi connectivity index (χ0n) is 13.3. The van der Waals surface area contributed by atoms with Crippen LogP contribution in [0.5, 0.6) is 0 Å². The first-order valence-electron chi connectivity index (χ1n) is 8.14. The second kappa shape index (κ2) is 7.53. The van der Waals surface area contributed by atoms with Crippen LogP contribution in [-0.4, -0.2) is 17.5 Å². The van der Waals surface area contributed by atoms with E-state index in [-0.39, 0.29) is 23.4 Å². The second-order valence-corrected chi connectivity index (χ2v) is 6.97. The van der Waals surface area contributed by atoms with Gasteiger partial charge in [-0.2, -0.15) is 0 Å². The summed E-state index contributed by atoms with van der Waals surface area (Å²) in [5, 5.41) is 4.68. The lowest BCUT2D eigenvalue weighted by Gasteiger charge is -2.06. The Bertz CT molecular complexity index is 730. The van der Waals surface area contributed by atoms with E-state index in [1.807, 2.05) is 11.4 Å². The molecule has 0 bridgehead atoms. The third-order valence-corrected chi connectivity index (χ3v) is 4.92. The van der Waals surface area contributed by atoms with Crippen LogP contribution in [-0.2, 0) is 4.79 Å². The van der Waals surface area contributed by atoms with Gasteiger partial charge < -0.3 is 5.32 Å². The minimum Gasteiger partial charge on any atom is -0.326 e. The van der Waals surface area contributed by atoms with E-state index in [9.17, 15) is 14.4 Å². The highest BCUT2D eigenvalue weighted by atomic mass is 32.1. The quantitative estimate of drug-likeness (QED) is 0.727. The van der Waals surface area contributed by atoms with Crippen LogP contribution in [0.3, 0.4) is 0 Å². The number of benzene rings is 1. The molecular weight excluding hydrogens is 322 g/mol. The molecule has 0 unspecified atom stereocenters. The summed E-state index contributed by atoms with van der Waals surface area (Å²) in [5.74, 6) is 0.363. The third kappa shape index (κ3) is 4.38. The molecule has 124 valence electrons. The Balaban J connectivity index is 1.43. The number of rotatable bonds is 8. The second-order valence-electron chi connectivity index (χ2n) is 6.02. The number of carbonyl (C=O) groups is 3. The first-order chi connectivity index (χ1) is 11.6. The molecular formula is C19H19NO3S. The van der Waals surface area contributed by atoms with Crippen molar-refractivity contribution in [3.8, 4) is 0 Å². The number of carbonyl (C=O) groups excluding carboxylic acids is 3. The number of hydrogen-bond donors (Lipinski definition) is 1. The zero-order chi connectivity index (χ0) is 16.9. The van der Waals surface area contributed by atoms with Gasteiger partial charge in [-0.3, -0.25) is 14.4 Å². The molecule has 3 rings (SSSR count). The molecule has 1 saturated carbocycles. The van der Waals surface area contributed by atoms with Crippen molar-refractivity contribution in [1.29, 1.82) is 0 Å². The molecule has 1 aliphatic rings. The van der Waals surface area contributed by atoms with Gasteiger partial charge in [0.05, 0.1) is 4.88 Å². The molecule has 5 heteroatoms. The highest BCUT2D eigenvalue weighted by molar-refractivity contribution is 7.12. The van der Waals surface area contributed by atoms with Crippen molar-refractivity contribution in [2.24, 2.45) is 5.92 Å². The third-order valence-electron chi connectivity index (χ3n) is 4.00. The Labute approximate surface area is 144 Å². The first-order valence-corrected chi connectivity index (χ1v) is 9.02. The van der Waals surface area contributed by atoms with Crippen molar-refractivity contribution >= 4 is 34.5 Å². The van der Waals surface area contributed by atoms with Gasteiger partial charge >= 0.3 is 0 Å². The van der Waals surface area contributed by atoms with Gasteiger partial charge in [0.2, 0.25) is 5.91 Å². The van der Waals surface area contributed by atoms with Gasteiger partial charge in [0.25, 0.3) is 0 Å². The van der Waals surface area contributed by atoms with Crippen molar-refractivity contribution in [1.82, 2.24) is 0 Å². The van der Waals surface area contributed by atoms with Crippen LogP contribution in [0.25, 0.3) is 0 Å². The minimum atomic E-state index is -0.116. The number of amides is 1. The van der Waals surface area contributed by atoms with Gasteiger partial charge in [-0.15, -0.1) is 11.3 Å². The number of thiophene rings is 1. The lowest BCUT2D eigenvalue weighted by atomic mass is 10.1. The van der Waals surface area contributed by atoms with Crippen LogP contribution < -0.4 is 5.32 Å². The Kier molecular flexibility index (Phi) is 5.20. The predicted molar refractivity (Wildman–Crippen MR) is 94.6 cm³/mol. The van der Waals surface area contributed by atoms with Gasteiger partial charge in [-0.25, -0.2) is 0 Å². The number of nitrogens with one attached hydrogen (secondary N) is 1. The average Bonchev–Trinajstić information content (AvgIpc) is 3.28. The molecule has 1 heterocycles. The molecule has 1 fully saturated rings. The monoisotopic (exact) mass is 341 g/mol. The summed E-state index contributed by atoms with van der Waals surface area (Å²) >= 11 is 1.42. The molecule has 0 spiro atoms. The predicted octanol–water partition coefficient (Wildman–Crippen LogP) is 4.33. The lowest BCUT2D eigenvalue weighted by molar-refractivity contribution is -0.116. The summed E-state index contributed by atoms with van der Waals surface area (Å²) < 4.78 is 0. The van der Waals surface area contributed by atoms with E-state index < -0.39 is 0 Å². The Morgan fingerprint density at radius 1 is 1.04 bits per heavy atom. The van der Waals surface area contributed by atoms with Crippen LogP contribution in [0.2, 0.25) is 0 Å². The molecule has 2 aromatic rings. The Morgan fingerprint density at radius 2 is 1.79 bits per heavy atom. The standard InChI is InChI=1S/C19H19NO3S/c21-16(17-4-2-12-24-17)3-1-5-18(22)20-15-10-8-14(9-11-15)19(23)13-6-7-13/h2,4,8-13H,1,3,5-7H2,(H,20,22). The van der Waals surface area contributed by atoms with Gasteiger partial charge in [-0.05, 0) is 55.0 Å². The van der Waals surface area contributed by atoms with E-state index in [0.717, 1.165) is 17.7 Å². The fourth-order valence-electron chi connectivity index (χ4n) is 2.49. The van der Waals surface area contributed by atoms with Gasteiger partial charge in [0.1, 0.15) is 0 Å². The number of ketones is 2. The van der Waals surface area contributed by atoms with Crippen molar-refractivity contribution in [2.75, 3.05) is 5.32 Å². The van der Waals surface area contributed by atoms with E-state index in [1.54, 1.807) is 30.3 Å². The lowest BCUT2D eigenvalue weighted by Crippen LogP contribution is -2.12. The summed E-state index contributed by atoms with van der Waals surface area (Å²) in [6.45, 7) is 0. The molecule has 1 aliphatic carbocycles. The maximum absolute atomic E-state index is 11.9. The molecule has 24 heavy (non-hydrogen) atoms. The van der Waals surface area contributed by atoms with E-state index >= 15 is 0 Å². The van der Waals surface area contributed by atoms with E-state index in [4.69, 9.17) is 0 Å². The van der Waals surface area contributed by atoms with Crippen LogP contribution >= 0.6 is 11.3 Å². The fourth-order valence-corrected chi connectivity index (χ4v) is 3.19. The summed E-state index contributed by atoms with van der Waals surface area (Å²) in [6.07, 6.45) is 3.19. The summed E-state index contributed by atoms with van der Waals surface area (Å²) in [6, 6.07) is 10.7. The van der Waals surface area contributed by atoms with Crippen molar-refractivity contribution in [2.45, 2.75) is 32.1 Å². The first kappa shape index (κ1) is 16.6. The molecule has 0 atom stereocenters. The van der Waals surface area contributed by atoms with Crippen molar-refractivity contribution < 1.29 is 14.4 Å². The van der Waals surface area contributed by atoms with Gasteiger partial charge in [0.15, 0.2) is 11.6 Å². The Morgan fingerprint density at radius 3 is 2.42 bits per heavy atom. The van der Waals surface area contributed by atoms with Crippen molar-refractivity contribution in [3.63, 3.8) is 0 Å². The Hall–Kier alpha value is -2.27. The van der Waals surface area contributed by atoms with Crippen LogP contribution in [0.4, 0.5) is 5.69 Å². The van der Waals surface area contributed by atoms with Crippen molar-refractivity contribution in [3.05, 3.63) is 52.2 Å². The summed E-state index contributed by atoms with van der Waals surface area (Å²) in [4.78, 5) is 36.5. The minimum absolute atomic E-state index is 0.0840. The SMILES string of the molecule is O=C(CCCC(=O)c1cccs1)Nc1ccc(C(=O)C2CC2)cc1. The van der Waals surface area contributed by atoms with E-state index in [2.05, 4.69) is 5.32 Å². The maximum Gasteiger partial charge on any atom is 0.224 e. The molecule has 0 saturated heterocycles. The van der Waals surface area contributed by atoms with Gasteiger partial charge in [0, 0.05) is 30.0 Å². The van der Waals surface area contributed by atoms with Crippen LogP contribution in [0.15, 0.2) is 41.8 Å². The maximum atomic E-state index is 11.9. The van der Waals surface area contributed by atoms with E-state index in [0.29, 0.717) is 30.5 Å². The normalized spacial score (nSPS) is 13.5. The summed E-state index contributed by atoms with van der Waals surface area (Å²) in [7, 11) is 0. The van der Waals surface area contributed by atoms with E-state index in [1.165, 1.54) is 11.3 Å². The molecule has 1 N–H and O–H groups in total. The fraction of sp³-hybridized carbons (Fsp3) is 0.316. The van der Waals surface area contributed by atoms with Crippen LogP contribution in [0, 0.1) is 5.92 Å². The molecule has 0 aliphatic heterocycles. The van der Waals surface area contributed by atoms with Gasteiger partial charge in [-0.1, -0.05) is 6.07 Å². The topological polar surface area (TPSA) is 63.2 Å². The molecule has 1 aromatic carbocycles. The smallest absolute Gasteiger partial charge is 0.224 e.